The van der Waals surface area contributed by atoms with E-state index >= 15 is 0 Å². The zero-order valence-electron chi connectivity index (χ0n) is 43.6. The quantitative estimate of drug-likeness (QED) is 0.180. The first-order valence-corrected chi connectivity index (χ1v) is 17.1. The van der Waals surface area contributed by atoms with Gasteiger partial charge in [-0.2, -0.15) is 0 Å². The van der Waals surface area contributed by atoms with Crippen LogP contribution < -0.4 is 0 Å². The van der Waals surface area contributed by atoms with Crippen LogP contribution >= 0.6 is 0 Å². The zero-order valence-corrected chi connectivity index (χ0v) is 28.6. The summed E-state index contributed by atoms with van der Waals surface area (Å²) < 4.78 is 132. The predicted octanol–water partition coefficient (Wildman–Crippen LogP) is 13.4. The molecule has 0 saturated heterocycles. The van der Waals surface area contributed by atoms with E-state index in [0.29, 0.717) is 10.9 Å². The van der Waals surface area contributed by atoms with E-state index in [0.717, 1.165) is 44.0 Å². The van der Waals surface area contributed by atoms with E-state index in [1.165, 1.54) is 5.56 Å². The van der Waals surface area contributed by atoms with E-state index in [1.54, 1.807) is 6.07 Å². The van der Waals surface area contributed by atoms with Crippen LogP contribution in [0.3, 0.4) is 0 Å². The topological polar surface area (TPSA) is 25.8 Å². The van der Waals surface area contributed by atoms with Crippen molar-refractivity contribution in [2.24, 2.45) is 0 Å². The fraction of sp³-hybridized carbons (Fsp3) is 0.0588. The lowest BCUT2D eigenvalue weighted by atomic mass is 9.81. The Morgan fingerprint density at radius 3 is 1.77 bits per heavy atom. The molecule has 1 aromatic heterocycles. The third kappa shape index (κ3) is 5.10. The minimum absolute atomic E-state index is 0.143. The Balaban J connectivity index is 1.30. The van der Waals surface area contributed by atoms with Crippen molar-refractivity contribution >= 4 is 21.5 Å². The highest BCUT2D eigenvalue weighted by Crippen LogP contribution is 2.54. The number of fused-ring (bicyclic) bond motifs is 5. The van der Waals surface area contributed by atoms with Gasteiger partial charge in [0.2, 0.25) is 0 Å². The number of rotatable bonds is 5. The van der Waals surface area contributed by atoms with Crippen molar-refractivity contribution in [3.63, 3.8) is 0 Å². The van der Waals surface area contributed by atoms with E-state index in [2.05, 4.69) is 55.2 Å². The Labute approximate surface area is 331 Å². The Morgan fingerprint density at radius 1 is 0.453 bits per heavy atom. The summed E-state index contributed by atoms with van der Waals surface area (Å²) in [4.78, 5) is 9.36. The number of aromatic nitrogens is 2. The summed E-state index contributed by atoms with van der Waals surface area (Å²) in [6, 6.07) is 19.1. The van der Waals surface area contributed by atoms with Crippen molar-refractivity contribution in [2.75, 3.05) is 0 Å². The highest BCUT2D eigenvalue weighted by atomic mass is 14.9. The van der Waals surface area contributed by atoms with Crippen LogP contribution in [0.15, 0.2) is 182 Å². The summed E-state index contributed by atoms with van der Waals surface area (Å²) in [7, 11) is 0. The number of hydrogen-bond donors (Lipinski definition) is 0. The molecule has 9 aromatic rings. The monoisotopic (exact) mass is 691 g/mol. The van der Waals surface area contributed by atoms with Gasteiger partial charge < -0.3 is 0 Å². The summed E-state index contributed by atoms with van der Waals surface area (Å²) in [5.41, 5.74) is 3.55. The SMILES string of the molecule is [2H]c1c(-c2c([2H])c([2H])c([2H])c([2H])c2-c2c([2H])c([2H])c([2H])c([2H])c2[2H])nc(-c2c([2H])c([2H])c([2H])c([2H])c2[2H])nc1-c1ccc(-c2cccc3c2-c2cc4ccccc4cc2C3(C)C)c2ccccc12. The molecule has 2 heteroatoms. The number of benzene rings is 8. The molecule has 0 aliphatic heterocycles. The van der Waals surface area contributed by atoms with Gasteiger partial charge in [0.05, 0.1) is 31.9 Å². The van der Waals surface area contributed by atoms with Gasteiger partial charge >= 0.3 is 0 Å². The van der Waals surface area contributed by atoms with Gasteiger partial charge in [-0.15, -0.1) is 0 Å². The third-order valence-electron chi connectivity index (χ3n) is 10.1. The molecule has 0 N–H and O–H groups in total. The molecule has 53 heavy (non-hydrogen) atoms. The highest BCUT2D eigenvalue weighted by molar-refractivity contribution is 6.08. The minimum atomic E-state index is -0.791. The molecule has 0 saturated carbocycles. The molecule has 0 spiro atoms. The lowest BCUT2D eigenvalue weighted by molar-refractivity contribution is 0.661. The van der Waals surface area contributed by atoms with Gasteiger partial charge in [0.25, 0.3) is 0 Å². The Hall–Kier alpha value is -6.64. The Kier molecular flexibility index (Phi) is 4.45. The molecule has 0 unspecified atom stereocenters. The van der Waals surface area contributed by atoms with Crippen LogP contribution in [0, 0.1) is 0 Å². The smallest absolute Gasteiger partial charge is 0.160 e. The molecule has 0 bridgehead atoms. The maximum absolute atomic E-state index is 9.89. The summed E-state index contributed by atoms with van der Waals surface area (Å²) in [6.45, 7) is 4.42. The van der Waals surface area contributed by atoms with Crippen LogP contribution in [-0.4, -0.2) is 9.97 Å². The minimum Gasteiger partial charge on any atom is -0.228 e. The van der Waals surface area contributed by atoms with Gasteiger partial charge in [0.1, 0.15) is 0 Å². The maximum Gasteiger partial charge on any atom is 0.160 e. The molecule has 0 atom stereocenters. The van der Waals surface area contributed by atoms with Crippen molar-refractivity contribution in [1.29, 1.82) is 0 Å². The third-order valence-corrected chi connectivity index (χ3v) is 10.1. The van der Waals surface area contributed by atoms with Crippen LogP contribution in [0.1, 0.15) is 45.5 Å². The van der Waals surface area contributed by atoms with Crippen molar-refractivity contribution in [3.8, 4) is 67.3 Å². The molecule has 250 valence electrons. The van der Waals surface area contributed by atoms with Gasteiger partial charge in [-0.1, -0.05) is 177 Å². The van der Waals surface area contributed by atoms with Crippen molar-refractivity contribution < 1.29 is 20.6 Å². The van der Waals surface area contributed by atoms with E-state index in [9.17, 15) is 2.74 Å². The molecular weight excluding hydrogens is 641 g/mol. The first-order chi connectivity index (χ1) is 32.3. The second-order valence-corrected chi connectivity index (χ2v) is 13.4. The van der Waals surface area contributed by atoms with E-state index in [1.807, 2.05) is 48.5 Å². The molecule has 0 fully saturated rings. The van der Waals surface area contributed by atoms with Crippen LogP contribution in [0.4, 0.5) is 0 Å². The Morgan fingerprint density at radius 2 is 1.04 bits per heavy atom. The first-order valence-electron chi connectivity index (χ1n) is 24.6. The first kappa shape index (κ1) is 19.3. The van der Waals surface area contributed by atoms with E-state index in [4.69, 9.17) is 22.8 Å². The van der Waals surface area contributed by atoms with Crippen LogP contribution in [-0.2, 0) is 5.41 Å². The van der Waals surface area contributed by atoms with E-state index < -0.39 is 124 Å². The maximum atomic E-state index is 9.89. The molecule has 1 heterocycles. The summed E-state index contributed by atoms with van der Waals surface area (Å²) in [5, 5.41) is 3.56. The fourth-order valence-electron chi connectivity index (χ4n) is 7.61. The fourth-order valence-corrected chi connectivity index (χ4v) is 7.61. The molecule has 10 rings (SSSR count). The van der Waals surface area contributed by atoms with Crippen molar-refractivity contribution in [3.05, 3.63) is 193 Å². The van der Waals surface area contributed by atoms with Crippen LogP contribution in [0.25, 0.3) is 88.8 Å². The van der Waals surface area contributed by atoms with Crippen molar-refractivity contribution in [2.45, 2.75) is 19.3 Å². The molecule has 2 nitrogen and oxygen atoms in total. The molecule has 0 amide bonds. The van der Waals surface area contributed by atoms with Gasteiger partial charge in [-0.05, 0) is 84.2 Å². The average molecular weight is 692 g/mol. The highest BCUT2D eigenvalue weighted by Gasteiger charge is 2.37. The number of hydrogen-bond acceptors (Lipinski definition) is 2. The molecule has 1 aliphatic rings. The van der Waals surface area contributed by atoms with Gasteiger partial charge in [-0.25, -0.2) is 9.97 Å². The lowest BCUT2D eigenvalue weighted by Gasteiger charge is -2.22. The second-order valence-electron chi connectivity index (χ2n) is 13.4. The summed E-state index contributed by atoms with van der Waals surface area (Å²) in [6.07, 6.45) is 0. The van der Waals surface area contributed by atoms with Gasteiger partial charge in [0.15, 0.2) is 5.82 Å². The Bertz CT molecular complexity index is 3680. The number of nitrogens with zero attached hydrogens (tertiary/aromatic N) is 2. The summed E-state index contributed by atoms with van der Waals surface area (Å²) in [5.74, 6) is -0.484. The normalized spacial score (nSPS) is 16.8. The predicted molar refractivity (Wildman–Crippen MR) is 222 cm³/mol. The van der Waals surface area contributed by atoms with E-state index in [-0.39, 0.29) is 11.1 Å². The summed E-state index contributed by atoms with van der Waals surface area (Å²) >= 11 is 0. The largest absolute Gasteiger partial charge is 0.228 e. The van der Waals surface area contributed by atoms with Crippen LogP contribution in [0.5, 0.6) is 0 Å². The molecule has 0 radical (unpaired) electrons. The van der Waals surface area contributed by atoms with Gasteiger partial charge in [0, 0.05) is 22.1 Å². The molecular formula is C51H36N2. The second kappa shape index (κ2) is 12.3. The molecule has 1 aliphatic carbocycles. The zero-order chi connectivity index (χ0) is 48.6. The molecule has 8 aromatic carbocycles. The van der Waals surface area contributed by atoms with Crippen LogP contribution in [0.2, 0.25) is 0 Å². The average Bonchev–Trinajstić information content (AvgIpc) is 3.56. The van der Waals surface area contributed by atoms with Gasteiger partial charge in [-0.3, -0.25) is 0 Å². The van der Waals surface area contributed by atoms with Crippen molar-refractivity contribution in [1.82, 2.24) is 9.97 Å². The standard InChI is InChI=1S/C51H36N2/c1-51(2)45-27-15-26-43(49(45)44-30-35-20-9-10-21-36(35)31-46(44)51)40-28-29-42(39-24-13-12-23-38(39)40)48-32-47(52-50(53-48)34-18-7-4-8-19-34)41-25-14-11-22-37(41)33-16-5-3-6-17-33/h3-32H,1-2H3/i3D,4D,5D,6D,7D,8D,11D,14D,16D,17D,18D,19D,22D,25D,32D. The lowest BCUT2D eigenvalue weighted by Crippen LogP contribution is -2.14.